The zero-order valence-corrected chi connectivity index (χ0v) is 28.7. The van der Waals surface area contributed by atoms with E-state index in [-0.39, 0.29) is 18.5 Å². The SMILES string of the molecule is CC(=O)CN(C)C=O.CCCCCC(C)CN(C)C.CCC[C@@H](C)NNc1ccc2c(c1)CC=CC(Cl)=C2.CO.O=C=O. The maximum atomic E-state index is 10.2. The lowest BCUT2D eigenvalue weighted by Crippen LogP contribution is -2.31. The van der Waals surface area contributed by atoms with Crippen LogP contribution in [-0.2, 0) is 25.6 Å². The van der Waals surface area contributed by atoms with Crippen molar-refractivity contribution >= 4 is 41.7 Å². The van der Waals surface area contributed by atoms with Crippen molar-refractivity contribution in [3.63, 3.8) is 0 Å². The number of carbonyl (C=O) groups is 2. The number of fused-ring (bicyclic) bond motifs is 1. The van der Waals surface area contributed by atoms with Gasteiger partial charge in [-0.1, -0.05) is 70.2 Å². The predicted molar refractivity (Wildman–Crippen MR) is 179 cm³/mol. The Morgan fingerprint density at radius 2 is 1.72 bits per heavy atom. The molecule has 0 aliphatic heterocycles. The number of amides is 1. The van der Waals surface area contributed by atoms with E-state index >= 15 is 0 Å². The molecule has 1 unspecified atom stereocenters. The van der Waals surface area contributed by atoms with Crippen LogP contribution in [0.1, 0.15) is 84.3 Å². The highest BCUT2D eigenvalue weighted by Crippen LogP contribution is 2.23. The summed E-state index contributed by atoms with van der Waals surface area (Å²) in [6.45, 7) is 11.9. The minimum Gasteiger partial charge on any atom is -0.400 e. The molecule has 2 atom stereocenters. The topological polar surface area (TPSA) is 119 Å². The fraction of sp³-hybridized carbons (Fsp3) is 0.606. The second kappa shape index (κ2) is 30.6. The largest absolute Gasteiger partial charge is 0.400 e. The molecule has 2 rings (SSSR count). The van der Waals surface area contributed by atoms with E-state index in [0.29, 0.717) is 12.5 Å². The number of unbranched alkanes of at least 4 members (excludes halogenated alkanes) is 2. The standard InChI is InChI=1S/C16H21ClN2.C10H23N.C5H9NO2.CO2.CH4O/c1-3-5-12(2)18-19-16-9-8-14-10-15(17)7-4-6-13(14)11-16;1-5-6-7-8-10(2)9-11(3)4;1-5(8)3-6(2)4-7;2-1-3;1-2/h4,7-12,18-19H,3,5-6H2,1-2H3;10H,5-9H2,1-4H3;4H,3H2,1-2H3;;2H,1H3/t12-;;;;/m1..../s1. The molecule has 0 saturated carbocycles. The molecule has 0 saturated heterocycles. The van der Waals surface area contributed by atoms with Gasteiger partial charge in [-0.05, 0) is 88.5 Å². The number of hydrogen-bond acceptors (Lipinski definition) is 8. The molecule has 0 heterocycles. The van der Waals surface area contributed by atoms with Crippen molar-refractivity contribution in [2.24, 2.45) is 5.92 Å². The van der Waals surface area contributed by atoms with Crippen LogP contribution in [0.2, 0.25) is 0 Å². The van der Waals surface area contributed by atoms with Gasteiger partial charge in [0.25, 0.3) is 0 Å². The second-order valence-corrected chi connectivity index (χ2v) is 11.1. The fourth-order valence-electron chi connectivity index (χ4n) is 4.05. The van der Waals surface area contributed by atoms with Gasteiger partial charge in [0.05, 0.1) is 6.54 Å². The Morgan fingerprint density at radius 1 is 1.09 bits per heavy atom. The number of nitrogens with zero attached hydrogens (tertiary/aromatic N) is 2. The zero-order chi connectivity index (χ0) is 33.6. The van der Waals surface area contributed by atoms with Gasteiger partial charge in [0, 0.05) is 37.5 Å². The number of carbonyl (C=O) groups excluding carboxylic acids is 4. The summed E-state index contributed by atoms with van der Waals surface area (Å²) in [4.78, 5) is 39.8. The van der Waals surface area contributed by atoms with E-state index < -0.39 is 0 Å². The van der Waals surface area contributed by atoms with Gasteiger partial charge in [0.1, 0.15) is 5.78 Å². The third-order valence-electron chi connectivity index (χ3n) is 5.87. The third kappa shape index (κ3) is 29.1. The maximum absolute atomic E-state index is 10.2. The normalized spacial score (nSPS) is 12.2. The summed E-state index contributed by atoms with van der Waals surface area (Å²) in [5.41, 5.74) is 10.2. The molecule has 246 valence electrons. The Balaban J connectivity index is -0.000000568. The number of anilines is 1. The Kier molecular flexibility index (Phi) is 31.8. The molecule has 1 aliphatic rings. The van der Waals surface area contributed by atoms with Crippen molar-refractivity contribution in [3.8, 4) is 0 Å². The predicted octanol–water partition coefficient (Wildman–Crippen LogP) is 5.94. The highest BCUT2D eigenvalue weighted by Gasteiger charge is 2.06. The molecular weight excluding hydrogens is 568 g/mol. The fourth-order valence-corrected chi connectivity index (χ4v) is 4.26. The molecule has 1 aromatic carbocycles. The highest BCUT2D eigenvalue weighted by atomic mass is 35.5. The number of nitrogens with one attached hydrogen (secondary N) is 2. The van der Waals surface area contributed by atoms with Gasteiger partial charge in [-0.15, -0.1) is 0 Å². The summed E-state index contributed by atoms with van der Waals surface area (Å²) in [7, 11) is 6.86. The average molecular weight is 625 g/mol. The van der Waals surface area contributed by atoms with Gasteiger partial charge in [-0.2, -0.15) is 9.59 Å². The Morgan fingerprint density at radius 3 is 2.21 bits per heavy atom. The van der Waals surface area contributed by atoms with Gasteiger partial charge >= 0.3 is 6.15 Å². The van der Waals surface area contributed by atoms with Gasteiger partial charge < -0.3 is 20.3 Å². The van der Waals surface area contributed by atoms with Crippen molar-refractivity contribution in [1.29, 1.82) is 0 Å². The van der Waals surface area contributed by atoms with Crippen molar-refractivity contribution < 1.29 is 24.3 Å². The molecule has 1 aromatic rings. The van der Waals surface area contributed by atoms with Crippen LogP contribution in [0.25, 0.3) is 6.08 Å². The number of rotatable bonds is 14. The molecule has 0 radical (unpaired) electrons. The van der Waals surface area contributed by atoms with Crippen LogP contribution < -0.4 is 10.9 Å². The third-order valence-corrected chi connectivity index (χ3v) is 6.10. The molecule has 1 aliphatic carbocycles. The molecule has 3 N–H and O–H groups in total. The second-order valence-electron chi connectivity index (χ2n) is 10.7. The summed E-state index contributed by atoms with van der Waals surface area (Å²) in [6.07, 6.45) is 15.8. The Labute approximate surface area is 265 Å². The number of likely N-dealkylation sites (N-methyl/N-ethyl adjacent to an activating group) is 1. The molecule has 0 aromatic heterocycles. The summed E-state index contributed by atoms with van der Waals surface area (Å²) < 4.78 is 0. The molecular formula is C33H57ClN4O5. The van der Waals surface area contributed by atoms with Crippen LogP contribution >= 0.6 is 11.6 Å². The number of aliphatic hydroxyl groups excluding tert-OH is 1. The van der Waals surface area contributed by atoms with Crippen LogP contribution in [0.4, 0.5) is 5.69 Å². The van der Waals surface area contributed by atoms with E-state index in [4.69, 9.17) is 26.3 Å². The van der Waals surface area contributed by atoms with Crippen LogP contribution in [0, 0.1) is 5.92 Å². The van der Waals surface area contributed by atoms with Crippen molar-refractivity contribution in [2.45, 2.75) is 85.6 Å². The monoisotopic (exact) mass is 624 g/mol. The van der Waals surface area contributed by atoms with Crippen LogP contribution in [0.3, 0.4) is 0 Å². The van der Waals surface area contributed by atoms with E-state index in [1.807, 2.05) is 12.2 Å². The average Bonchev–Trinajstić information content (AvgIpc) is 3.13. The van der Waals surface area contributed by atoms with Crippen LogP contribution in [0.5, 0.6) is 0 Å². The lowest BCUT2D eigenvalue weighted by molar-refractivity contribution is -0.191. The molecule has 1 amide bonds. The first kappa shape index (κ1) is 44.6. The smallest absolute Gasteiger partial charge is 0.373 e. The van der Waals surface area contributed by atoms with Crippen LogP contribution in [-0.4, -0.2) is 80.6 Å². The summed E-state index contributed by atoms with van der Waals surface area (Å²) in [6, 6.07) is 6.84. The van der Waals surface area contributed by atoms with E-state index in [0.717, 1.165) is 30.2 Å². The zero-order valence-electron chi connectivity index (χ0n) is 27.9. The molecule has 0 spiro atoms. The number of aliphatic hydroxyl groups is 1. The number of hydrogen-bond donors (Lipinski definition) is 3. The first-order chi connectivity index (χ1) is 20.4. The van der Waals surface area contributed by atoms with Gasteiger partial charge in [-0.3, -0.25) is 9.59 Å². The molecule has 0 fully saturated rings. The number of allylic oxidation sites excluding steroid dienone is 3. The van der Waals surface area contributed by atoms with E-state index in [2.05, 4.69) is 81.8 Å². The lowest BCUT2D eigenvalue weighted by atomic mass is 10.0. The van der Waals surface area contributed by atoms with Gasteiger partial charge in [0.2, 0.25) is 6.41 Å². The first-order valence-corrected chi connectivity index (χ1v) is 15.2. The number of ketones is 1. The summed E-state index contributed by atoms with van der Waals surface area (Å²) in [5, 5.41) is 7.79. The maximum Gasteiger partial charge on any atom is 0.373 e. The molecule has 0 bridgehead atoms. The van der Waals surface area contributed by atoms with Gasteiger partial charge in [-0.25, -0.2) is 5.43 Å². The Bertz CT molecular complexity index is 947. The summed E-state index contributed by atoms with van der Waals surface area (Å²) in [5.74, 6) is 0.871. The molecule has 10 heteroatoms. The number of halogens is 1. The van der Waals surface area contributed by atoms with Gasteiger partial charge in [0.15, 0.2) is 0 Å². The van der Waals surface area contributed by atoms with Crippen molar-refractivity contribution in [2.75, 3.05) is 46.8 Å². The number of benzene rings is 1. The Hall–Kier alpha value is -2.81. The highest BCUT2D eigenvalue weighted by molar-refractivity contribution is 6.33. The van der Waals surface area contributed by atoms with Crippen LogP contribution in [0.15, 0.2) is 35.4 Å². The molecule has 43 heavy (non-hydrogen) atoms. The summed E-state index contributed by atoms with van der Waals surface area (Å²) >= 11 is 6.07. The van der Waals surface area contributed by atoms with E-state index in [1.54, 1.807) is 7.05 Å². The minimum atomic E-state index is -0.000370. The minimum absolute atomic E-state index is 0.000370. The number of Topliss-reactive ketones (excluding diaryl/α,β-unsaturated/α-hetero) is 1. The number of hydrazine groups is 1. The first-order valence-electron chi connectivity index (χ1n) is 14.9. The molecule has 9 nitrogen and oxygen atoms in total. The quantitative estimate of drug-likeness (QED) is 0.132. The lowest BCUT2D eigenvalue weighted by Gasteiger charge is -2.16. The van der Waals surface area contributed by atoms with E-state index in [1.165, 1.54) is 68.0 Å². The van der Waals surface area contributed by atoms with Crippen molar-refractivity contribution in [1.82, 2.24) is 15.2 Å². The van der Waals surface area contributed by atoms with E-state index in [9.17, 15) is 9.59 Å². The van der Waals surface area contributed by atoms with Crippen molar-refractivity contribution in [3.05, 3.63) is 46.5 Å².